The van der Waals surface area contributed by atoms with Gasteiger partial charge in [0.1, 0.15) is 0 Å². The molecule has 0 radical (unpaired) electrons. The number of nitrogens with two attached hydrogens (primary N) is 1. The third kappa shape index (κ3) is 4.93. The van der Waals surface area contributed by atoms with E-state index >= 15 is 0 Å². The van der Waals surface area contributed by atoms with Gasteiger partial charge in [0.25, 0.3) is 0 Å². The molecule has 126 valence electrons. The van der Waals surface area contributed by atoms with Crippen LogP contribution in [0.4, 0.5) is 0 Å². The van der Waals surface area contributed by atoms with Gasteiger partial charge in [0.2, 0.25) is 10.0 Å². The lowest BCUT2D eigenvalue weighted by Crippen LogP contribution is -2.58. The van der Waals surface area contributed by atoms with Crippen molar-refractivity contribution in [3.63, 3.8) is 0 Å². The highest BCUT2D eigenvalue weighted by molar-refractivity contribution is 7.89. The fraction of sp³-hybridized carbons (Fsp3) is 1.00. The van der Waals surface area contributed by atoms with Crippen molar-refractivity contribution in [2.75, 3.05) is 18.8 Å². The normalized spacial score (nSPS) is 27.5. The van der Waals surface area contributed by atoms with Crippen LogP contribution < -0.4 is 5.73 Å². The van der Waals surface area contributed by atoms with Crippen LogP contribution in [0.1, 0.15) is 66.2 Å². The summed E-state index contributed by atoms with van der Waals surface area (Å²) in [7, 11) is -3.21. The summed E-state index contributed by atoms with van der Waals surface area (Å²) in [6, 6.07) is 0. The Hall–Kier alpha value is -0.130. The molecule has 0 aromatic rings. The molecule has 1 saturated carbocycles. The molecule has 0 bridgehead atoms. The fourth-order valence-electron chi connectivity index (χ4n) is 3.22. The Balaban J connectivity index is 2.97. The average Bonchev–Trinajstić information content (AvgIpc) is 2.44. The van der Waals surface area contributed by atoms with Gasteiger partial charge >= 0.3 is 0 Å². The van der Waals surface area contributed by atoms with Crippen LogP contribution in [0.15, 0.2) is 0 Å². The van der Waals surface area contributed by atoms with Gasteiger partial charge in [-0.25, -0.2) is 8.42 Å². The number of hydrogen-bond acceptors (Lipinski definition) is 3. The van der Waals surface area contributed by atoms with Gasteiger partial charge in [0, 0.05) is 18.6 Å². The Morgan fingerprint density at radius 3 is 2.29 bits per heavy atom. The van der Waals surface area contributed by atoms with E-state index < -0.39 is 10.0 Å². The SMILES string of the molecule is CCCN(C1(CN)CCC(C)CC1)S(=O)(=O)CCC(C)C. The van der Waals surface area contributed by atoms with Crippen LogP contribution in [0.2, 0.25) is 0 Å². The van der Waals surface area contributed by atoms with Crippen LogP contribution >= 0.6 is 0 Å². The third-order valence-electron chi connectivity index (χ3n) is 4.83. The summed E-state index contributed by atoms with van der Waals surface area (Å²) in [5.74, 6) is 1.34. The van der Waals surface area contributed by atoms with Crippen LogP contribution in [0, 0.1) is 11.8 Å². The van der Waals surface area contributed by atoms with E-state index in [4.69, 9.17) is 5.73 Å². The number of sulfonamides is 1. The molecule has 0 heterocycles. The number of nitrogens with zero attached hydrogens (tertiary/aromatic N) is 1. The second-order valence-corrected chi connectivity index (χ2v) is 9.19. The molecule has 1 rings (SSSR count). The smallest absolute Gasteiger partial charge is 0.214 e. The zero-order valence-electron chi connectivity index (χ0n) is 14.3. The monoisotopic (exact) mass is 318 g/mol. The van der Waals surface area contributed by atoms with Gasteiger partial charge < -0.3 is 5.73 Å². The topological polar surface area (TPSA) is 63.4 Å². The molecule has 0 amide bonds. The molecule has 2 N–H and O–H groups in total. The summed E-state index contributed by atoms with van der Waals surface area (Å²) in [4.78, 5) is 0. The van der Waals surface area contributed by atoms with E-state index in [1.165, 1.54) is 0 Å². The van der Waals surface area contributed by atoms with Crippen LogP contribution in [0.5, 0.6) is 0 Å². The van der Waals surface area contributed by atoms with E-state index in [-0.39, 0.29) is 11.3 Å². The van der Waals surface area contributed by atoms with Gasteiger partial charge in [-0.1, -0.05) is 27.7 Å². The first-order valence-corrected chi connectivity index (χ1v) is 10.1. The van der Waals surface area contributed by atoms with Crippen molar-refractivity contribution in [3.05, 3.63) is 0 Å². The first kappa shape index (κ1) is 18.9. The molecule has 4 nitrogen and oxygen atoms in total. The van der Waals surface area contributed by atoms with Crippen molar-refractivity contribution in [1.82, 2.24) is 4.31 Å². The molecular weight excluding hydrogens is 284 g/mol. The molecule has 0 aliphatic heterocycles. The molecule has 1 aliphatic rings. The van der Waals surface area contributed by atoms with Gasteiger partial charge in [-0.2, -0.15) is 4.31 Å². The van der Waals surface area contributed by atoms with E-state index in [0.29, 0.717) is 24.9 Å². The highest BCUT2D eigenvalue weighted by atomic mass is 32.2. The maximum Gasteiger partial charge on any atom is 0.214 e. The quantitative estimate of drug-likeness (QED) is 0.748. The summed E-state index contributed by atoms with van der Waals surface area (Å²) in [5, 5.41) is 0. The average molecular weight is 319 g/mol. The highest BCUT2D eigenvalue weighted by Crippen LogP contribution is 2.37. The van der Waals surface area contributed by atoms with Crippen molar-refractivity contribution in [1.29, 1.82) is 0 Å². The maximum absolute atomic E-state index is 12.8. The first-order chi connectivity index (χ1) is 9.77. The Bertz CT molecular complexity index is 399. The molecule has 0 atom stereocenters. The summed E-state index contributed by atoms with van der Waals surface area (Å²) >= 11 is 0. The molecule has 0 spiro atoms. The van der Waals surface area contributed by atoms with E-state index in [9.17, 15) is 8.42 Å². The molecule has 0 aromatic heterocycles. The van der Waals surface area contributed by atoms with Crippen molar-refractivity contribution in [3.8, 4) is 0 Å². The van der Waals surface area contributed by atoms with Gasteiger partial charge in [-0.3, -0.25) is 0 Å². The third-order valence-corrected chi connectivity index (χ3v) is 6.82. The lowest BCUT2D eigenvalue weighted by Gasteiger charge is -2.46. The summed E-state index contributed by atoms with van der Waals surface area (Å²) < 4.78 is 27.5. The zero-order chi connectivity index (χ0) is 16.1. The largest absolute Gasteiger partial charge is 0.329 e. The Morgan fingerprint density at radius 2 is 1.86 bits per heavy atom. The van der Waals surface area contributed by atoms with Gasteiger partial charge in [-0.05, 0) is 50.4 Å². The minimum absolute atomic E-state index is 0.252. The molecule has 0 saturated heterocycles. The second-order valence-electron chi connectivity index (χ2n) is 7.18. The van der Waals surface area contributed by atoms with E-state index in [1.54, 1.807) is 4.31 Å². The van der Waals surface area contributed by atoms with E-state index in [2.05, 4.69) is 20.8 Å². The highest BCUT2D eigenvalue weighted by Gasteiger charge is 2.43. The summed E-state index contributed by atoms with van der Waals surface area (Å²) in [5.41, 5.74) is 5.73. The molecule has 21 heavy (non-hydrogen) atoms. The molecule has 1 fully saturated rings. The van der Waals surface area contributed by atoms with E-state index in [1.807, 2.05) is 6.92 Å². The Labute approximate surface area is 131 Å². The predicted molar refractivity (Wildman–Crippen MR) is 89.7 cm³/mol. The second kappa shape index (κ2) is 7.93. The van der Waals surface area contributed by atoms with Crippen molar-refractivity contribution in [2.24, 2.45) is 17.6 Å². The molecule has 0 unspecified atom stereocenters. The first-order valence-electron chi connectivity index (χ1n) is 8.48. The van der Waals surface area contributed by atoms with Crippen molar-refractivity contribution >= 4 is 10.0 Å². The zero-order valence-corrected chi connectivity index (χ0v) is 15.1. The predicted octanol–water partition coefficient (Wildman–Crippen LogP) is 2.98. The summed E-state index contributed by atoms with van der Waals surface area (Å²) in [6.45, 7) is 9.48. The minimum atomic E-state index is -3.21. The lowest BCUT2D eigenvalue weighted by atomic mass is 9.77. The van der Waals surface area contributed by atoms with E-state index in [0.717, 1.165) is 38.5 Å². The van der Waals surface area contributed by atoms with Crippen LogP contribution in [0.3, 0.4) is 0 Å². The van der Waals surface area contributed by atoms with Gasteiger partial charge in [0.15, 0.2) is 0 Å². The number of hydrogen-bond donors (Lipinski definition) is 1. The Morgan fingerprint density at radius 1 is 1.29 bits per heavy atom. The Kier molecular flexibility index (Phi) is 7.14. The summed E-state index contributed by atoms with van der Waals surface area (Å²) in [6.07, 6.45) is 5.54. The maximum atomic E-state index is 12.8. The van der Waals surface area contributed by atoms with Crippen molar-refractivity contribution < 1.29 is 8.42 Å². The number of rotatable bonds is 8. The van der Waals surface area contributed by atoms with Gasteiger partial charge in [-0.15, -0.1) is 0 Å². The van der Waals surface area contributed by atoms with Crippen LogP contribution in [-0.2, 0) is 10.0 Å². The molecule has 1 aliphatic carbocycles. The molecular formula is C16H34N2O2S. The van der Waals surface area contributed by atoms with Crippen LogP contribution in [-0.4, -0.2) is 37.1 Å². The molecule has 0 aromatic carbocycles. The van der Waals surface area contributed by atoms with Crippen LogP contribution in [0.25, 0.3) is 0 Å². The molecule has 5 heteroatoms. The fourth-order valence-corrected chi connectivity index (χ4v) is 5.52. The lowest BCUT2D eigenvalue weighted by molar-refractivity contribution is 0.115. The standard InChI is InChI=1S/C16H34N2O2S/c1-5-11-18(21(19,20)12-8-14(2)3)16(13-17)9-6-15(4)7-10-16/h14-15H,5-13,17H2,1-4H3. The minimum Gasteiger partial charge on any atom is -0.329 e. The van der Waals surface area contributed by atoms with Gasteiger partial charge in [0.05, 0.1) is 5.75 Å². The van der Waals surface area contributed by atoms with Crippen molar-refractivity contribution in [2.45, 2.75) is 71.8 Å².